The molecule has 6 atom stereocenters. The Morgan fingerprint density at radius 2 is 1.80 bits per heavy atom. The second-order valence-electron chi connectivity index (χ2n) is 11.0. The molecule has 0 radical (unpaired) electrons. The van der Waals surface area contributed by atoms with E-state index in [2.05, 4.69) is 6.92 Å². The summed E-state index contributed by atoms with van der Waals surface area (Å²) in [6.07, 6.45) is 10.3. The number of benzene rings is 1. The molecule has 216 valence electrons. The first-order valence-corrected chi connectivity index (χ1v) is 14.7. The molecule has 0 aliphatic carbocycles. The predicted octanol–water partition coefficient (Wildman–Crippen LogP) is 2.93. The van der Waals surface area contributed by atoms with E-state index in [4.69, 9.17) is 9.47 Å². The zero-order valence-electron chi connectivity index (χ0n) is 23.7. The Kier molecular flexibility index (Phi) is 8.33. The van der Waals surface area contributed by atoms with Gasteiger partial charge in [-0.3, -0.25) is 14.4 Å². The summed E-state index contributed by atoms with van der Waals surface area (Å²) < 4.78 is 12.3. The summed E-state index contributed by atoms with van der Waals surface area (Å²) in [5.41, 5.74) is -0.581. The predicted molar refractivity (Wildman–Crippen MR) is 151 cm³/mol. The average molecular weight is 552 g/mol. The zero-order chi connectivity index (χ0) is 28.4. The van der Waals surface area contributed by atoms with Crippen molar-refractivity contribution in [2.75, 3.05) is 37.7 Å². The Bertz CT molecular complexity index is 1160. The summed E-state index contributed by atoms with van der Waals surface area (Å²) in [7, 11) is 0. The number of hydrogen-bond acceptors (Lipinski definition) is 6. The van der Waals surface area contributed by atoms with Crippen molar-refractivity contribution < 1.29 is 29.0 Å². The first-order chi connectivity index (χ1) is 19.4. The van der Waals surface area contributed by atoms with Crippen molar-refractivity contribution in [3.63, 3.8) is 0 Å². The SMILES string of the molecule is CCCCCN1CC=C[C@]23O[C@@H]4C=CCN(c5ccc(OCC)cc5)C(=O)[C@@H]4[C@H]2C(=O)N([C@@H](CC)CO)C3C1=O. The first kappa shape index (κ1) is 28.4. The van der Waals surface area contributed by atoms with Crippen molar-refractivity contribution in [1.82, 2.24) is 9.80 Å². The van der Waals surface area contributed by atoms with Crippen molar-refractivity contribution in [2.24, 2.45) is 11.8 Å². The number of aliphatic hydroxyl groups is 1. The Balaban J connectivity index is 1.54. The van der Waals surface area contributed by atoms with Crippen LogP contribution in [0.4, 0.5) is 5.69 Å². The Hall–Kier alpha value is -3.17. The van der Waals surface area contributed by atoms with Gasteiger partial charge in [-0.05, 0) is 44.0 Å². The van der Waals surface area contributed by atoms with Crippen LogP contribution in [0.3, 0.4) is 0 Å². The summed E-state index contributed by atoms with van der Waals surface area (Å²) in [4.78, 5) is 47.8. The van der Waals surface area contributed by atoms with Crippen molar-refractivity contribution >= 4 is 23.4 Å². The smallest absolute Gasteiger partial charge is 0.249 e. The van der Waals surface area contributed by atoms with Gasteiger partial charge in [0.15, 0.2) is 0 Å². The van der Waals surface area contributed by atoms with Crippen LogP contribution in [0.25, 0.3) is 0 Å². The third kappa shape index (κ3) is 4.63. The van der Waals surface area contributed by atoms with E-state index in [1.807, 2.05) is 62.4 Å². The first-order valence-electron chi connectivity index (χ1n) is 14.7. The zero-order valence-corrected chi connectivity index (χ0v) is 23.7. The van der Waals surface area contributed by atoms with E-state index in [1.54, 1.807) is 9.80 Å². The molecule has 0 bridgehead atoms. The van der Waals surface area contributed by atoms with E-state index in [0.717, 1.165) is 25.0 Å². The Labute approximate surface area is 236 Å². The average Bonchev–Trinajstić information content (AvgIpc) is 3.27. The molecule has 0 aromatic heterocycles. The summed E-state index contributed by atoms with van der Waals surface area (Å²) in [6, 6.07) is 5.86. The Morgan fingerprint density at radius 1 is 1.02 bits per heavy atom. The summed E-state index contributed by atoms with van der Waals surface area (Å²) in [6.45, 7) is 7.56. The highest BCUT2D eigenvalue weighted by atomic mass is 16.5. The molecule has 9 nitrogen and oxygen atoms in total. The number of ether oxygens (including phenoxy) is 2. The molecular weight excluding hydrogens is 510 g/mol. The molecule has 4 aliphatic rings. The maximum absolute atomic E-state index is 14.3. The van der Waals surface area contributed by atoms with Gasteiger partial charge in [-0.2, -0.15) is 0 Å². The molecule has 5 rings (SSSR count). The highest BCUT2D eigenvalue weighted by molar-refractivity contribution is 6.04. The molecular formula is C31H41N3O6. The van der Waals surface area contributed by atoms with E-state index >= 15 is 0 Å². The van der Waals surface area contributed by atoms with Crippen LogP contribution < -0.4 is 9.64 Å². The fourth-order valence-electron chi connectivity index (χ4n) is 6.80. The van der Waals surface area contributed by atoms with Crippen molar-refractivity contribution in [2.45, 2.75) is 70.2 Å². The summed E-state index contributed by atoms with van der Waals surface area (Å²) in [5, 5.41) is 10.3. The van der Waals surface area contributed by atoms with Crippen molar-refractivity contribution in [3.8, 4) is 5.75 Å². The van der Waals surface area contributed by atoms with Crippen molar-refractivity contribution in [3.05, 3.63) is 48.6 Å². The maximum atomic E-state index is 14.3. The van der Waals surface area contributed by atoms with Gasteiger partial charge in [0.1, 0.15) is 17.4 Å². The molecule has 0 saturated carbocycles. The topological polar surface area (TPSA) is 99.6 Å². The lowest BCUT2D eigenvalue weighted by Crippen LogP contribution is -2.58. The van der Waals surface area contributed by atoms with E-state index < -0.39 is 35.6 Å². The monoisotopic (exact) mass is 551 g/mol. The standard InChI is InChI=1S/C31H41N3O6/c1-4-7-8-17-32-18-10-16-31-26(29(37)34(21(5-2)20-35)27(31)30(32)38)25-24(40-31)11-9-19-33(28(25)36)22-12-14-23(15-13-22)39-6-3/h9-16,21,24-27,35H,4-8,17-20H2,1-3H3/t21-,24+,25-,26-,27?,31-/m0/s1. The molecule has 1 N–H and O–H groups in total. The molecule has 3 amide bonds. The van der Waals surface area contributed by atoms with Gasteiger partial charge in [0.05, 0.1) is 37.2 Å². The normalized spacial score (nSPS) is 30.2. The minimum absolute atomic E-state index is 0.180. The number of amides is 3. The number of unbranched alkanes of at least 4 members (excludes halogenated alkanes) is 2. The van der Waals surface area contributed by atoms with Crippen LogP contribution in [-0.2, 0) is 19.1 Å². The van der Waals surface area contributed by atoms with Crippen molar-refractivity contribution in [1.29, 1.82) is 0 Å². The molecule has 40 heavy (non-hydrogen) atoms. The fraction of sp³-hybridized carbons (Fsp3) is 0.581. The third-order valence-corrected chi connectivity index (χ3v) is 8.75. The van der Waals surface area contributed by atoms with Gasteiger partial charge in [-0.1, -0.05) is 51.0 Å². The molecule has 1 aromatic carbocycles. The lowest BCUT2D eigenvalue weighted by Gasteiger charge is -2.38. The number of hydrogen-bond donors (Lipinski definition) is 1. The van der Waals surface area contributed by atoms with Crippen LogP contribution in [0.5, 0.6) is 5.75 Å². The molecule has 2 fully saturated rings. The number of aliphatic hydroxyl groups excluding tert-OH is 1. The third-order valence-electron chi connectivity index (χ3n) is 8.75. The highest BCUT2D eigenvalue weighted by Gasteiger charge is 2.72. The number of nitrogens with zero attached hydrogens (tertiary/aromatic N) is 3. The molecule has 1 unspecified atom stereocenters. The number of rotatable bonds is 10. The molecule has 4 heterocycles. The molecule has 4 aliphatic heterocycles. The maximum Gasteiger partial charge on any atom is 0.249 e. The van der Waals surface area contributed by atoms with Crippen LogP contribution in [0.15, 0.2) is 48.6 Å². The molecule has 1 spiro atoms. The highest BCUT2D eigenvalue weighted by Crippen LogP contribution is 2.54. The van der Waals surface area contributed by atoms with Gasteiger partial charge in [0, 0.05) is 25.3 Å². The van der Waals surface area contributed by atoms with Crippen LogP contribution >= 0.6 is 0 Å². The van der Waals surface area contributed by atoms with E-state index in [0.29, 0.717) is 38.3 Å². The molecule has 9 heteroatoms. The minimum atomic E-state index is -1.28. The largest absolute Gasteiger partial charge is 0.494 e. The van der Waals surface area contributed by atoms with Gasteiger partial charge >= 0.3 is 0 Å². The lowest BCUT2D eigenvalue weighted by molar-refractivity contribution is -0.150. The fourth-order valence-corrected chi connectivity index (χ4v) is 6.80. The Morgan fingerprint density at radius 3 is 2.48 bits per heavy atom. The number of fused-ring (bicyclic) bond motifs is 2. The van der Waals surface area contributed by atoms with E-state index in [1.165, 1.54) is 4.90 Å². The van der Waals surface area contributed by atoms with Gasteiger partial charge in [0.25, 0.3) is 0 Å². The molecule has 2 saturated heterocycles. The second-order valence-corrected chi connectivity index (χ2v) is 11.0. The number of carbonyl (C=O) groups is 3. The number of likely N-dealkylation sites (tertiary alicyclic amines) is 1. The summed E-state index contributed by atoms with van der Waals surface area (Å²) in [5.74, 6) is -1.65. The van der Waals surface area contributed by atoms with Gasteiger partial charge in [-0.15, -0.1) is 0 Å². The van der Waals surface area contributed by atoms with Crippen LogP contribution in [0.1, 0.15) is 46.5 Å². The van der Waals surface area contributed by atoms with Gasteiger partial charge in [0.2, 0.25) is 17.7 Å². The quantitative estimate of drug-likeness (QED) is 0.355. The second kappa shape index (κ2) is 11.7. The van der Waals surface area contributed by atoms with Crippen LogP contribution in [-0.4, -0.2) is 89.3 Å². The number of anilines is 1. The van der Waals surface area contributed by atoms with Gasteiger partial charge < -0.3 is 29.3 Å². The molecule has 1 aromatic rings. The van der Waals surface area contributed by atoms with Crippen LogP contribution in [0, 0.1) is 11.8 Å². The minimum Gasteiger partial charge on any atom is -0.494 e. The van der Waals surface area contributed by atoms with E-state index in [9.17, 15) is 19.5 Å². The summed E-state index contributed by atoms with van der Waals surface area (Å²) >= 11 is 0. The van der Waals surface area contributed by atoms with Crippen LogP contribution in [0.2, 0.25) is 0 Å². The van der Waals surface area contributed by atoms with Gasteiger partial charge in [-0.25, -0.2) is 0 Å². The lowest BCUT2D eigenvalue weighted by atomic mass is 9.77. The number of carbonyl (C=O) groups excluding carboxylic acids is 3. The van der Waals surface area contributed by atoms with E-state index in [-0.39, 0.29) is 24.3 Å².